The van der Waals surface area contributed by atoms with E-state index in [0.717, 1.165) is 25.2 Å². The summed E-state index contributed by atoms with van der Waals surface area (Å²) < 4.78 is 46.4. The molecule has 5 rings (SSSR count). The van der Waals surface area contributed by atoms with E-state index in [4.69, 9.17) is 19.5 Å². The highest BCUT2D eigenvalue weighted by Gasteiger charge is 2.44. The third-order valence-corrected chi connectivity index (χ3v) is 6.26. The Labute approximate surface area is 194 Å². The number of amides is 1. The first-order valence-electron chi connectivity index (χ1n) is 11.1. The van der Waals surface area contributed by atoms with E-state index in [9.17, 15) is 9.18 Å². The highest BCUT2D eigenvalue weighted by atomic mass is 19.1. The topological polar surface area (TPSA) is 110 Å². The van der Waals surface area contributed by atoms with Gasteiger partial charge in [0.15, 0.2) is 5.82 Å². The molecule has 2 aromatic rings. The second-order valence-corrected chi connectivity index (χ2v) is 8.84. The van der Waals surface area contributed by atoms with Crippen molar-refractivity contribution in [2.75, 3.05) is 38.2 Å². The molecule has 0 spiro atoms. The van der Waals surface area contributed by atoms with Crippen LogP contribution in [0.4, 0.5) is 25.1 Å². The number of likely N-dealkylation sites (tertiary alicyclic amines) is 1. The molecule has 1 saturated carbocycles. The van der Waals surface area contributed by atoms with Crippen LogP contribution in [-0.2, 0) is 9.47 Å². The molecule has 1 aromatic heterocycles. The number of fused-ring (bicyclic) bond motifs is 2. The number of nitrogens with zero attached hydrogens (tertiary/aromatic N) is 4. The lowest BCUT2D eigenvalue weighted by Gasteiger charge is -2.45. The Morgan fingerprint density at radius 2 is 2.00 bits per heavy atom. The van der Waals surface area contributed by atoms with Gasteiger partial charge < -0.3 is 24.4 Å². The molecule has 2 atom stereocenters. The molecule has 1 aromatic carbocycles. The monoisotopic (exact) mass is 471 g/mol. The maximum Gasteiger partial charge on any atom is 0.409 e. The van der Waals surface area contributed by atoms with Crippen molar-refractivity contribution in [1.29, 1.82) is 5.26 Å². The van der Waals surface area contributed by atoms with Gasteiger partial charge in [-0.15, -0.1) is 0 Å². The van der Waals surface area contributed by atoms with Crippen molar-refractivity contribution >= 4 is 17.6 Å². The third-order valence-electron chi connectivity index (χ3n) is 6.26. The molecule has 2 aliphatic heterocycles. The number of carbonyl (C=O) groups excluding carboxylic acids is 1. The van der Waals surface area contributed by atoms with E-state index >= 15 is 4.39 Å². The van der Waals surface area contributed by atoms with Crippen LogP contribution in [0.5, 0.6) is 5.88 Å². The molecule has 9 nitrogen and oxygen atoms in total. The van der Waals surface area contributed by atoms with Crippen molar-refractivity contribution in [3.63, 3.8) is 0 Å². The smallest absolute Gasteiger partial charge is 0.409 e. The summed E-state index contributed by atoms with van der Waals surface area (Å²) in [6.45, 7) is 1.92. The van der Waals surface area contributed by atoms with Crippen LogP contribution in [-0.4, -0.2) is 60.0 Å². The van der Waals surface area contributed by atoms with Gasteiger partial charge in [-0.05, 0) is 37.0 Å². The molecule has 11 heteroatoms. The molecule has 3 fully saturated rings. The first-order valence-corrected chi connectivity index (χ1v) is 11.1. The van der Waals surface area contributed by atoms with Gasteiger partial charge in [-0.25, -0.2) is 14.2 Å². The van der Waals surface area contributed by atoms with Gasteiger partial charge in [0.05, 0.1) is 37.1 Å². The van der Waals surface area contributed by atoms with Gasteiger partial charge in [0.1, 0.15) is 18.2 Å². The lowest BCUT2D eigenvalue weighted by molar-refractivity contribution is -0.111. The molecule has 3 aliphatic rings. The van der Waals surface area contributed by atoms with Gasteiger partial charge >= 0.3 is 6.09 Å². The zero-order valence-corrected chi connectivity index (χ0v) is 18.2. The number of nitrogens with one attached hydrogen (secondary N) is 1. The van der Waals surface area contributed by atoms with E-state index in [1.807, 2.05) is 6.07 Å². The molecule has 34 heavy (non-hydrogen) atoms. The predicted molar refractivity (Wildman–Crippen MR) is 114 cm³/mol. The third kappa shape index (κ3) is 4.72. The van der Waals surface area contributed by atoms with Gasteiger partial charge in [0.25, 0.3) is 5.88 Å². The van der Waals surface area contributed by atoms with Gasteiger partial charge in [-0.2, -0.15) is 14.6 Å². The molecule has 2 unspecified atom stereocenters. The maximum atomic E-state index is 15.2. The Kier molecular flexibility index (Phi) is 6.15. The van der Waals surface area contributed by atoms with E-state index in [1.54, 1.807) is 4.90 Å². The molecule has 178 valence electrons. The van der Waals surface area contributed by atoms with Crippen LogP contribution in [0.15, 0.2) is 24.5 Å². The average molecular weight is 471 g/mol. The van der Waals surface area contributed by atoms with Crippen LogP contribution in [0.1, 0.15) is 18.4 Å². The van der Waals surface area contributed by atoms with Crippen LogP contribution < -0.4 is 10.1 Å². The van der Waals surface area contributed by atoms with Crippen LogP contribution in [0.2, 0.25) is 0 Å². The van der Waals surface area contributed by atoms with Crippen molar-refractivity contribution in [2.45, 2.75) is 18.9 Å². The van der Waals surface area contributed by atoms with Crippen molar-refractivity contribution in [2.24, 2.45) is 17.8 Å². The molecular weight excluding hydrogens is 448 g/mol. The molecule has 2 bridgehead atoms. The van der Waals surface area contributed by atoms with Crippen molar-refractivity contribution in [1.82, 2.24) is 14.9 Å². The van der Waals surface area contributed by atoms with Gasteiger partial charge in [-0.1, -0.05) is 0 Å². The molecule has 2 saturated heterocycles. The highest BCUT2D eigenvalue weighted by Crippen LogP contribution is 2.34. The lowest BCUT2D eigenvalue weighted by Crippen LogP contribution is -2.58. The fourth-order valence-electron chi connectivity index (χ4n) is 4.27. The summed E-state index contributed by atoms with van der Waals surface area (Å²) in [6, 6.07) is 5.62. The largest absolute Gasteiger partial charge is 0.471 e. The summed E-state index contributed by atoms with van der Waals surface area (Å²) in [4.78, 5) is 21.9. The number of piperidine rings is 1. The second-order valence-electron chi connectivity index (χ2n) is 8.84. The van der Waals surface area contributed by atoms with Crippen LogP contribution in [0.25, 0.3) is 0 Å². The predicted octanol–water partition coefficient (Wildman–Crippen LogP) is 3.24. The van der Waals surface area contributed by atoms with Crippen LogP contribution in [0, 0.1) is 40.7 Å². The summed E-state index contributed by atoms with van der Waals surface area (Å²) in [6.07, 6.45) is 2.57. The Bertz CT molecular complexity index is 1110. The molecule has 0 radical (unpaired) electrons. The Balaban J connectivity index is 1.28. The van der Waals surface area contributed by atoms with E-state index in [-0.39, 0.29) is 40.9 Å². The minimum absolute atomic E-state index is 0.0363. The normalized spacial score (nSPS) is 23.7. The van der Waals surface area contributed by atoms with Gasteiger partial charge in [0.2, 0.25) is 5.82 Å². The number of aromatic nitrogens is 2. The number of hydrogen-bond acceptors (Lipinski definition) is 8. The van der Waals surface area contributed by atoms with Crippen molar-refractivity contribution in [3.05, 3.63) is 41.7 Å². The van der Waals surface area contributed by atoms with Gasteiger partial charge in [-0.3, -0.25) is 0 Å². The summed E-state index contributed by atoms with van der Waals surface area (Å²) in [7, 11) is 0. The highest BCUT2D eigenvalue weighted by molar-refractivity contribution is 5.68. The first-order chi connectivity index (χ1) is 16.5. The zero-order valence-electron chi connectivity index (χ0n) is 18.2. The molecule has 1 amide bonds. The standard InChI is InChI=1S/C23H23F2N5O4/c24-17-5-14(6-26)3-4-18(17)29-21-19(25)22(28-12-27-21)34-20-15-7-30(8-16(20)11-32-10-15)23(31)33-9-13-1-2-13/h3-5,12-13,15-16,20H,1-2,7-11H2,(H,27,28,29). The number of anilines is 2. The van der Waals surface area contributed by atoms with E-state index in [1.165, 1.54) is 12.1 Å². The quantitative estimate of drug-likeness (QED) is 0.684. The number of halogens is 2. The number of benzene rings is 1. The fraction of sp³-hybridized carbons (Fsp3) is 0.478. The van der Waals surface area contributed by atoms with Crippen LogP contribution >= 0.6 is 0 Å². The summed E-state index contributed by atoms with van der Waals surface area (Å²) in [5, 5.41) is 11.5. The number of nitriles is 1. The maximum absolute atomic E-state index is 15.2. The second kappa shape index (κ2) is 9.38. The molecule has 1 N–H and O–H groups in total. The van der Waals surface area contributed by atoms with Crippen LogP contribution in [0.3, 0.4) is 0 Å². The van der Waals surface area contributed by atoms with E-state index < -0.39 is 17.7 Å². The summed E-state index contributed by atoms with van der Waals surface area (Å²) >= 11 is 0. The number of hydrogen-bond donors (Lipinski definition) is 1. The molecular formula is C23H23F2N5O4. The van der Waals surface area contributed by atoms with E-state index in [2.05, 4.69) is 15.3 Å². The SMILES string of the molecule is N#Cc1ccc(Nc2ncnc(OC3C4COCC3CN(C(=O)OCC3CC3)C4)c2F)c(F)c1. The summed E-state index contributed by atoms with van der Waals surface area (Å²) in [5.74, 6) is -1.97. The molecule has 3 heterocycles. The first kappa shape index (κ1) is 22.3. The minimum Gasteiger partial charge on any atom is -0.471 e. The van der Waals surface area contributed by atoms with Gasteiger partial charge in [0, 0.05) is 24.9 Å². The minimum atomic E-state index is -0.864. The Morgan fingerprint density at radius 3 is 2.68 bits per heavy atom. The number of rotatable bonds is 6. The Hall–Kier alpha value is -3.52. The number of ether oxygens (including phenoxy) is 3. The Morgan fingerprint density at radius 1 is 1.24 bits per heavy atom. The molecule has 1 aliphatic carbocycles. The summed E-state index contributed by atoms with van der Waals surface area (Å²) in [5.41, 5.74) is 0.109. The fourth-order valence-corrected chi connectivity index (χ4v) is 4.27. The van der Waals surface area contributed by atoms with E-state index in [0.29, 0.717) is 38.8 Å². The van der Waals surface area contributed by atoms with Crippen molar-refractivity contribution in [3.8, 4) is 11.9 Å². The zero-order chi connectivity index (χ0) is 23.7. The van der Waals surface area contributed by atoms with Crippen molar-refractivity contribution < 1.29 is 27.8 Å². The average Bonchev–Trinajstić information content (AvgIpc) is 3.65. The number of carbonyl (C=O) groups is 1. The lowest BCUT2D eigenvalue weighted by atomic mass is 9.84.